The van der Waals surface area contributed by atoms with Crippen molar-refractivity contribution in [3.8, 4) is 0 Å². The summed E-state index contributed by atoms with van der Waals surface area (Å²) >= 11 is 6.03. The van der Waals surface area contributed by atoms with E-state index in [0.717, 1.165) is 16.8 Å². The van der Waals surface area contributed by atoms with Gasteiger partial charge in [0.2, 0.25) is 5.91 Å². The summed E-state index contributed by atoms with van der Waals surface area (Å²) in [6, 6.07) is 15.1. The van der Waals surface area contributed by atoms with Crippen LogP contribution in [0.5, 0.6) is 0 Å². The molecule has 1 atom stereocenters. The number of nitrogens with two attached hydrogens (primary N) is 1. The van der Waals surface area contributed by atoms with Gasteiger partial charge in [-0.25, -0.2) is 0 Å². The van der Waals surface area contributed by atoms with E-state index in [1.807, 2.05) is 49.4 Å². The van der Waals surface area contributed by atoms with Crippen LogP contribution in [-0.4, -0.2) is 5.91 Å². The molecule has 2 aromatic rings. The lowest BCUT2D eigenvalue weighted by Gasteiger charge is -2.13. The van der Waals surface area contributed by atoms with Crippen LogP contribution in [0.4, 0.5) is 5.69 Å². The monoisotopic (exact) mass is 302 g/mol. The van der Waals surface area contributed by atoms with Gasteiger partial charge in [-0.1, -0.05) is 48.0 Å². The van der Waals surface area contributed by atoms with Crippen LogP contribution in [0.25, 0.3) is 0 Å². The van der Waals surface area contributed by atoms with Crippen LogP contribution in [0.1, 0.15) is 30.0 Å². The molecule has 21 heavy (non-hydrogen) atoms. The first-order valence-electron chi connectivity index (χ1n) is 6.93. The molecule has 3 N–H and O–H groups in total. The molecule has 2 rings (SSSR count). The molecule has 0 aliphatic rings. The number of hydrogen-bond acceptors (Lipinski definition) is 2. The molecule has 0 aromatic heterocycles. The summed E-state index contributed by atoms with van der Waals surface area (Å²) in [5.41, 5.74) is 8.76. The van der Waals surface area contributed by atoms with Gasteiger partial charge in [-0.3, -0.25) is 4.79 Å². The molecule has 0 aliphatic carbocycles. The molecular weight excluding hydrogens is 284 g/mol. The number of anilines is 1. The first kappa shape index (κ1) is 15.5. The predicted molar refractivity (Wildman–Crippen MR) is 87.4 cm³/mol. The van der Waals surface area contributed by atoms with E-state index in [-0.39, 0.29) is 11.9 Å². The number of carbonyl (C=O) groups is 1. The van der Waals surface area contributed by atoms with Crippen molar-refractivity contribution in [2.45, 2.75) is 25.8 Å². The van der Waals surface area contributed by atoms with Crippen molar-refractivity contribution < 1.29 is 4.79 Å². The molecule has 110 valence electrons. The van der Waals surface area contributed by atoms with Crippen molar-refractivity contribution in [3.05, 3.63) is 64.7 Å². The fourth-order valence-electron chi connectivity index (χ4n) is 2.11. The summed E-state index contributed by atoms with van der Waals surface area (Å²) in [7, 11) is 0. The first-order chi connectivity index (χ1) is 10.1. The molecule has 0 spiro atoms. The minimum absolute atomic E-state index is 0.0493. The summed E-state index contributed by atoms with van der Waals surface area (Å²) in [5.74, 6) is -0.0493. The Kier molecular flexibility index (Phi) is 5.37. The van der Waals surface area contributed by atoms with E-state index >= 15 is 0 Å². The predicted octanol–water partition coefficient (Wildman–Crippen LogP) is 4.07. The van der Waals surface area contributed by atoms with Crippen molar-refractivity contribution in [3.63, 3.8) is 0 Å². The number of benzene rings is 2. The topological polar surface area (TPSA) is 55.1 Å². The van der Waals surface area contributed by atoms with E-state index in [4.69, 9.17) is 17.3 Å². The highest BCUT2D eigenvalue weighted by molar-refractivity contribution is 6.31. The maximum absolute atomic E-state index is 12.0. The molecule has 3 nitrogen and oxygen atoms in total. The Morgan fingerprint density at radius 1 is 1.19 bits per heavy atom. The van der Waals surface area contributed by atoms with Crippen molar-refractivity contribution in [1.29, 1.82) is 0 Å². The van der Waals surface area contributed by atoms with E-state index in [9.17, 15) is 4.79 Å². The van der Waals surface area contributed by atoms with Gasteiger partial charge in [0, 0.05) is 23.2 Å². The summed E-state index contributed by atoms with van der Waals surface area (Å²) in [5, 5.41) is 3.53. The van der Waals surface area contributed by atoms with Crippen molar-refractivity contribution in [2.24, 2.45) is 5.73 Å². The molecule has 1 unspecified atom stereocenters. The van der Waals surface area contributed by atoms with Gasteiger partial charge in [0.25, 0.3) is 0 Å². The highest BCUT2D eigenvalue weighted by Crippen LogP contribution is 2.23. The van der Waals surface area contributed by atoms with Crippen molar-refractivity contribution in [1.82, 2.24) is 0 Å². The fraction of sp³-hybridized carbons (Fsp3) is 0.235. The van der Waals surface area contributed by atoms with E-state index in [1.54, 1.807) is 6.07 Å². The third kappa shape index (κ3) is 4.31. The fourth-order valence-corrected chi connectivity index (χ4v) is 2.28. The van der Waals surface area contributed by atoms with Gasteiger partial charge in [-0.15, -0.1) is 0 Å². The van der Waals surface area contributed by atoms with Crippen molar-refractivity contribution >= 4 is 23.2 Å². The normalized spacial score (nSPS) is 12.0. The number of hydrogen-bond donors (Lipinski definition) is 2. The molecule has 0 aliphatic heterocycles. The van der Waals surface area contributed by atoms with Crippen LogP contribution in [0.15, 0.2) is 48.5 Å². The Labute approximate surface area is 130 Å². The summed E-state index contributed by atoms with van der Waals surface area (Å²) in [4.78, 5) is 12.0. The Bertz CT molecular complexity index is 613. The Hall–Kier alpha value is -1.84. The average molecular weight is 303 g/mol. The molecule has 0 bridgehead atoms. The SMILES string of the molecule is Cc1c(Cl)cccc1NC(=O)CCC(N)c1ccccc1. The molecule has 4 heteroatoms. The Balaban J connectivity index is 1.89. The van der Waals surface area contributed by atoms with Gasteiger partial charge in [0.05, 0.1) is 0 Å². The quantitative estimate of drug-likeness (QED) is 0.875. The second kappa shape index (κ2) is 7.25. The van der Waals surface area contributed by atoms with Crippen LogP contribution < -0.4 is 11.1 Å². The van der Waals surface area contributed by atoms with Gasteiger partial charge in [-0.05, 0) is 36.6 Å². The van der Waals surface area contributed by atoms with E-state index in [1.165, 1.54) is 0 Å². The molecule has 0 radical (unpaired) electrons. The van der Waals surface area contributed by atoms with Gasteiger partial charge in [-0.2, -0.15) is 0 Å². The molecule has 1 amide bonds. The van der Waals surface area contributed by atoms with Crippen LogP contribution in [0, 0.1) is 6.92 Å². The number of halogens is 1. The lowest BCUT2D eigenvalue weighted by Crippen LogP contribution is -2.17. The minimum Gasteiger partial charge on any atom is -0.326 e. The number of nitrogens with one attached hydrogen (secondary N) is 1. The Morgan fingerprint density at radius 3 is 2.62 bits per heavy atom. The molecule has 0 saturated heterocycles. The molecular formula is C17H19ClN2O. The van der Waals surface area contributed by atoms with E-state index in [0.29, 0.717) is 17.9 Å². The van der Waals surface area contributed by atoms with E-state index < -0.39 is 0 Å². The van der Waals surface area contributed by atoms with Crippen LogP contribution in [0.3, 0.4) is 0 Å². The highest BCUT2D eigenvalue weighted by Gasteiger charge is 2.10. The maximum atomic E-state index is 12.0. The number of amides is 1. The lowest BCUT2D eigenvalue weighted by molar-refractivity contribution is -0.116. The number of carbonyl (C=O) groups excluding carboxylic acids is 1. The zero-order valence-corrected chi connectivity index (χ0v) is 12.7. The molecule has 0 fully saturated rings. The summed E-state index contributed by atoms with van der Waals surface area (Å²) < 4.78 is 0. The molecule has 2 aromatic carbocycles. The van der Waals surface area contributed by atoms with Gasteiger partial charge in [0.1, 0.15) is 0 Å². The van der Waals surface area contributed by atoms with Gasteiger partial charge in [0.15, 0.2) is 0 Å². The van der Waals surface area contributed by atoms with Crippen molar-refractivity contribution in [2.75, 3.05) is 5.32 Å². The van der Waals surface area contributed by atoms with Crippen LogP contribution >= 0.6 is 11.6 Å². The summed E-state index contributed by atoms with van der Waals surface area (Å²) in [6.45, 7) is 1.88. The first-order valence-corrected chi connectivity index (χ1v) is 7.31. The highest BCUT2D eigenvalue weighted by atomic mass is 35.5. The average Bonchev–Trinajstić information content (AvgIpc) is 2.50. The third-order valence-corrected chi connectivity index (χ3v) is 3.86. The lowest BCUT2D eigenvalue weighted by atomic mass is 10.0. The summed E-state index contributed by atoms with van der Waals surface area (Å²) in [6.07, 6.45) is 0.984. The second-order valence-electron chi connectivity index (χ2n) is 5.02. The molecule has 0 saturated carbocycles. The Morgan fingerprint density at radius 2 is 1.90 bits per heavy atom. The zero-order valence-electron chi connectivity index (χ0n) is 12.0. The van der Waals surface area contributed by atoms with Gasteiger partial charge < -0.3 is 11.1 Å². The second-order valence-corrected chi connectivity index (χ2v) is 5.42. The standard InChI is InChI=1S/C17H19ClN2O/c1-12-14(18)8-5-9-16(12)20-17(21)11-10-15(19)13-6-3-2-4-7-13/h2-9,15H,10-11,19H2,1H3,(H,20,21). The van der Waals surface area contributed by atoms with E-state index in [2.05, 4.69) is 5.32 Å². The largest absolute Gasteiger partial charge is 0.326 e. The smallest absolute Gasteiger partial charge is 0.224 e. The van der Waals surface area contributed by atoms with Crippen LogP contribution in [0.2, 0.25) is 5.02 Å². The van der Waals surface area contributed by atoms with Gasteiger partial charge >= 0.3 is 0 Å². The minimum atomic E-state index is -0.127. The van der Waals surface area contributed by atoms with Crippen LogP contribution in [-0.2, 0) is 4.79 Å². The maximum Gasteiger partial charge on any atom is 0.224 e. The molecule has 0 heterocycles. The third-order valence-electron chi connectivity index (χ3n) is 3.45. The number of rotatable bonds is 5. The zero-order chi connectivity index (χ0) is 15.2.